The molecule has 116 valence electrons. The second-order valence-electron chi connectivity index (χ2n) is 5.28. The van der Waals surface area contributed by atoms with Gasteiger partial charge in [0.15, 0.2) is 0 Å². The van der Waals surface area contributed by atoms with Gasteiger partial charge in [0.25, 0.3) is 0 Å². The van der Waals surface area contributed by atoms with E-state index in [0.717, 1.165) is 0 Å². The first kappa shape index (κ1) is 18.4. The van der Waals surface area contributed by atoms with Crippen LogP contribution in [0.5, 0.6) is 0 Å². The molecule has 0 fully saturated rings. The molecule has 6 N–H and O–H groups in total. The molecule has 7 nitrogen and oxygen atoms in total. The van der Waals surface area contributed by atoms with Crippen LogP contribution < -0.4 is 22.1 Å². The maximum absolute atomic E-state index is 12.1. The Labute approximate surface area is 119 Å². The number of nitrogens with one attached hydrogen (secondary N) is 2. The van der Waals surface area contributed by atoms with Crippen LogP contribution in [-0.4, -0.2) is 36.3 Å². The highest BCUT2D eigenvalue weighted by molar-refractivity contribution is 5.91. The van der Waals surface area contributed by atoms with Crippen molar-refractivity contribution in [2.75, 3.05) is 6.54 Å². The summed E-state index contributed by atoms with van der Waals surface area (Å²) in [6.07, 6.45) is 1.49. The maximum atomic E-state index is 12.1. The van der Waals surface area contributed by atoms with Crippen LogP contribution in [0.25, 0.3) is 0 Å². The molecule has 0 spiro atoms. The third-order valence-electron chi connectivity index (χ3n) is 2.76. The largest absolute Gasteiger partial charge is 0.368 e. The molecule has 0 heterocycles. The van der Waals surface area contributed by atoms with Gasteiger partial charge in [-0.2, -0.15) is 0 Å². The molecule has 0 saturated heterocycles. The lowest BCUT2D eigenvalue weighted by atomic mass is 10.0. The Kier molecular flexibility index (Phi) is 8.54. The number of hydrogen-bond acceptors (Lipinski definition) is 4. The molecule has 0 aromatic rings. The highest BCUT2D eigenvalue weighted by atomic mass is 16.2. The standard InChI is InChI=1S/C13H26N4O3/c1-8(2)7-11(12(15)19)17-13(20)10(5-4-6-14)16-9(3)18/h8,10-11H,4-7,14H2,1-3H3,(H2,15,19)(H,16,18)(H,17,20)/t10-,11-/m0/s1. The van der Waals surface area contributed by atoms with Gasteiger partial charge in [0, 0.05) is 6.92 Å². The van der Waals surface area contributed by atoms with E-state index in [0.29, 0.717) is 25.8 Å². The summed E-state index contributed by atoms with van der Waals surface area (Å²) in [6.45, 7) is 5.63. The van der Waals surface area contributed by atoms with E-state index < -0.39 is 23.9 Å². The minimum atomic E-state index is -0.725. The number of carbonyl (C=O) groups excluding carboxylic acids is 3. The molecular weight excluding hydrogens is 260 g/mol. The Morgan fingerprint density at radius 2 is 1.70 bits per heavy atom. The molecule has 2 atom stereocenters. The number of hydrogen-bond donors (Lipinski definition) is 4. The van der Waals surface area contributed by atoms with Crippen LogP contribution in [0.2, 0.25) is 0 Å². The topological polar surface area (TPSA) is 127 Å². The first-order valence-corrected chi connectivity index (χ1v) is 6.84. The summed E-state index contributed by atoms with van der Waals surface area (Å²) in [4.78, 5) is 34.5. The average molecular weight is 286 g/mol. The van der Waals surface area contributed by atoms with Gasteiger partial charge in [-0.05, 0) is 31.7 Å². The Balaban J connectivity index is 4.68. The third-order valence-corrected chi connectivity index (χ3v) is 2.76. The summed E-state index contributed by atoms with van der Waals surface area (Å²) in [7, 11) is 0. The molecule has 0 radical (unpaired) electrons. The predicted molar refractivity (Wildman–Crippen MR) is 76.5 cm³/mol. The highest BCUT2D eigenvalue weighted by Crippen LogP contribution is 2.05. The lowest BCUT2D eigenvalue weighted by Gasteiger charge is -2.22. The second kappa shape index (κ2) is 9.30. The van der Waals surface area contributed by atoms with Crippen LogP contribution in [0.1, 0.15) is 40.0 Å². The van der Waals surface area contributed by atoms with E-state index in [-0.39, 0.29) is 11.8 Å². The monoisotopic (exact) mass is 286 g/mol. The van der Waals surface area contributed by atoms with Crippen LogP contribution in [0.3, 0.4) is 0 Å². The van der Waals surface area contributed by atoms with Gasteiger partial charge in [0.2, 0.25) is 17.7 Å². The molecule has 0 aliphatic rings. The third kappa shape index (κ3) is 7.73. The Hall–Kier alpha value is -1.63. The molecule has 0 rings (SSSR count). The normalized spacial score (nSPS) is 13.7. The van der Waals surface area contributed by atoms with Gasteiger partial charge in [-0.15, -0.1) is 0 Å². The number of amides is 3. The van der Waals surface area contributed by atoms with Crippen molar-refractivity contribution in [1.29, 1.82) is 0 Å². The van der Waals surface area contributed by atoms with Crippen molar-refractivity contribution in [3.05, 3.63) is 0 Å². The first-order chi connectivity index (χ1) is 9.27. The SMILES string of the molecule is CC(=O)N[C@@H](CCCN)C(=O)N[C@@H](CC(C)C)C(N)=O. The van der Waals surface area contributed by atoms with Crippen LogP contribution in [0, 0.1) is 5.92 Å². The number of rotatable bonds is 9. The van der Waals surface area contributed by atoms with Gasteiger partial charge < -0.3 is 22.1 Å². The molecule has 0 aliphatic heterocycles. The van der Waals surface area contributed by atoms with Crippen molar-refractivity contribution in [2.24, 2.45) is 17.4 Å². The lowest BCUT2D eigenvalue weighted by molar-refractivity contribution is -0.131. The summed E-state index contributed by atoms with van der Waals surface area (Å²) in [5.41, 5.74) is 10.7. The minimum absolute atomic E-state index is 0.219. The molecule has 0 unspecified atom stereocenters. The average Bonchev–Trinajstić information content (AvgIpc) is 2.32. The number of carbonyl (C=O) groups is 3. The summed E-state index contributed by atoms with van der Waals surface area (Å²) in [5, 5.41) is 5.15. The summed E-state index contributed by atoms with van der Waals surface area (Å²) < 4.78 is 0. The molecule has 20 heavy (non-hydrogen) atoms. The molecule has 0 aromatic carbocycles. The predicted octanol–water partition coefficient (Wildman–Crippen LogP) is -0.754. The van der Waals surface area contributed by atoms with Crippen molar-refractivity contribution in [2.45, 2.75) is 52.1 Å². The Morgan fingerprint density at radius 3 is 2.10 bits per heavy atom. The lowest BCUT2D eigenvalue weighted by Crippen LogP contribution is -2.53. The zero-order chi connectivity index (χ0) is 15.7. The highest BCUT2D eigenvalue weighted by Gasteiger charge is 2.25. The van der Waals surface area contributed by atoms with E-state index >= 15 is 0 Å². The molecule has 7 heteroatoms. The fourth-order valence-electron chi connectivity index (χ4n) is 1.83. The van der Waals surface area contributed by atoms with E-state index in [4.69, 9.17) is 11.5 Å². The van der Waals surface area contributed by atoms with Crippen LogP contribution >= 0.6 is 0 Å². The molecule has 0 saturated carbocycles. The van der Waals surface area contributed by atoms with Gasteiger partial charge in [-0.1, -0.05) is 13.8 Å². The van der Waals surface area contributed by atoms with Gasteiger partial charge in [-0.25, -0.2) is 0 Å². The van der Waals surface area contributed by atoms with E-state index in [2.05, 4.69) is 10.6 Å². The number of nitrogens with two attached hydrogens (primary N) is 2. The van der Waals surface area contributed by atoms with E-state index in [1.807, 2.05) is 13.8 Å². The van der Waals surface area contributed by atoms with Crippen LogP contribution in [-0.2, 0) is 14.4 Å². The number of primary amides is 1. The minimum Gasteiger partial charge on any atom is -0.368 e. The van der Waals surface area contributed by atoms with Crippen molar-refractivity contribution in [3.8, 4) is 0 Å². The molecule has 3 amide bonds. The van der Waals surface area contributed by atoms with E-state index in [1.165, 1.54) is 6.92 Å². The van der Waals surface area contributed by atoms with Crippen LogP contribution in [0.4, 0.5) is 0 Å². The fraction of sp³-hybridized carbons (Fsp3) is 0.769. The smallest absolute Gasteiger partial charge is 0.243 e. The Bertz CT molecular complexity index is 345. The molecule has 0 aliphatic carbocycles. The fourth-order valence-corrected chi connectivity index (χ4v) is 1.83. The van der Waals surface area contributed by atoms with Gasteiger partial charge in [-0.3, -0.25) is 14.4 Å². The van der Waals surface area contributed by atoms with Crippen molar-refractivity contribution in [3.63, 3.8) is 0 Å². The summed E-state index contributed by atoms with van der Waals surface area (Å²) in [5.74, 6) is -1.07. The Morgan fingerprint density at radius 1 is 1.10 bits per heavy atom. The molecular formula is C13H26N4O3. The summed E-state index contributed by atoms with van der Waals surface area (Å²) in [6, 6.07) is -1.42. The second-order valence-corrected chi connectivity index (χ2v) is 5.28. The van der Waals surface area contributed by atoms with Gasteiger partial charge >= 0.3 is 0 Å². The molecule has 0 aromatic heterocycles. The van der Waals surface area contributed by atoms with Crippen LogP contribution in [0.15, 0.2) is 0 Å². The van der Waals surface area contributed by atoms with Crippen molar-refractivity contribution < 1.29 is 14.4 Å². The van der Waals surface area contributed by atoms with Crippen molar-refractivity contribution in [1.82, 2.24) is 10.6 Å². The van der Waals surface area contributed by atoms with Crippen molar-refractivity contribution >= 4 is 17.7 Å². The van der Waals surface area contributed by atoms with Gasteiger partial charge in [0.05, 0.1) is 0 Å². The summed E-state index contributed by atoms with van der Waals surface area (Å²) >= 11 is 0. The van der Waals surface area contributed by atoms with E-state index in [1.54, 1.807) is 0 Å². The maximum Gasteiger partial charge on any atom is 0.243 e. The molecule has 0 bridgehead atoms. The first-order valence-electron chi connectivity index (χ1n) is 6.84. The van der Waals surface area contributed by atoms with E-state index in [9.17, 15) is 14.4 Å². The zero-order valence-corrected chi connectivity index (χ0v) is 12.4. The zero-order valence-electron chi connectivity index (χ0n) is 12.4. The quantitative estimate of drug-likeness (QED) is 0.444. The van der Waals surface area contributed by atoms with Gasteiger partial charge in [0.1, 0.15) is 12.1 Å².